The number of para-hydroxylation sites is 2. The van der Waals surface area contributed by atoms with Crippen LogP contribution in [0.1, 0.15) is 16.8 Å². The van der Waals surface area contributed by atoms with E-state index in [4.69, 9.17) is 11.6 Å². The van der Waals surface area contributed by atoms with Gasteiger partial charge in [0.25, 0.3) is 5.91 Å². The molecule has 0 fully saturated rings. The Morgan fingerprint density at radius 2 is 1.78 bits per heavy atom. The Morgan fingerprint density at radius 1 is 1.04 bits per heavy atom. The van der Waals surface area contributed by atoms with Crippen molar-refractivity contribution in [3.8, 4) is 0 Å². The van der Waals surface area contributed by atoms with Crippen molar-refractivity contribution in [2.75, 3.05) is 20.1 Å². The molecule has 0 saturated carbocycles. The van der Waals surface area contributed by atoms with E-state index in [1.54, 1.807) is 12.1 Å². The van der Waals surface area contributed by atoms with E-state index in [-0.39, 0.29) is 5.91 Å². The van der Waals surface area contributed by atoms with Gasteiger partial charge in [-0.3, -0.25) is 4.79 Å². The SMILES string of the molecule is CNCCCNC(=O)c1c(Cl)ccc2nc3ccccc3nc12. The topological polar surface area (TPSA) is 66.9 Å². The van der Waals surface area contributed by atoms with Crippen molar-refractivity contribution >= 4 is 39.6 Å². The van der Waals surface area contributed by atoms with E-state index in [2.05, 4.69) is 20.6 Å². The number of halogens is 1. The van der Waals surface area contributed by atoms with Gasteiger partial charge >= 0.3 is 0 Å². The summed E-state index contributed by atoms with van der Waals surface area (Å²) in [7, 11) is 1.88. The van der Waals surface area contributed by atoms with E-state index in [1.165, 1.54) is 0 Å². The minimum Gasteiger partial charge on any atom is -0.352 e. The van der Waals surface area contributed by atoms with Gasteiger partial charge in [-0.25, -0.2) is 9.97 Å². The third kappa shape index (κ3) is 3.25. The lowest BCUT2D eigenvalue weighted by Gasteiger charge is -2.10. The number of hydrogen-bond acceptors (Lipinski definition) is 4. The van der Waals surface area contributed by atoms with Crippen LogP contribution in [0.2, 0.25) is 5.02 Å². The Balaban J connectivity index is 2.02. The van der Waals surface area contributed by atoms with Crippen LogP contribution in [0, 0.1) is 0 Å². The lowest BCUT2D eigenvalue weighted by Crippen LogP contribution is -2.27. The predicted octanol–water partition coefficient (Wildman–Crippen LogP) is 2.78. The molecule has 2 N–H and O–H groups in total. The number of carbonyl (C=O) groups is 1. The number of nitrogens with one attached hydrogen (secondary N) is 2. The summed E-state index contributed by atoms with van der Waals surface area (Å²) in [6.45, 7) is 1.42. The summed E-state index contributed by atoms with van der Waals surface area (Å²) in [6, 6.07) is 11.1. The van der Waals surface area contributed by atoms with Crippen molar-refractivity contribution < 1.29 is 4.79 Å². The summed E-state index contributed by atoms with van der Waals surface area (Å²) < 4.78 is 0. The molecule has 1 amide bonds. The van der Waals surface area contributed by atoms with Crippen molar-refractivity contribution in [2.24, 2.45) is 0 Å². The maximum atomic E-state index is 12.5. The Bertz CT molecular complexity index is 866. The van der Waals surface area contributed by atoms with Crippen LogP contribution in [-0.4, -0.2) is 36.0 Å². The average Bonchev–Trinajstić information content (AvgIpc) is 2.57. The predicted molar refractivity (Wildman–Crippen MR) is 92.9 cm³/mol. The van der Waals surface area contributed by atoms with Gasteiger partial charge < -0.3 is 10.6 Å². The molecule has 0 aliphatic heterocycles. The average molecular weight is 329 g/mol. The van der Waals surface area contributed by atoms with Crippen LogP contribution in [0.25, 0.3) is 22.1 Å². The standard InChI is InChI=1S/C17H17ClN4O/c1-19-9-4-10-20-17(23)15-11(18)7-8-14-16(15)22-13-6-3-2-5-12(13)21-14/h2-3,5-8,19H,4,9-10H2,1H3,(H,20,23). The second-order valence-electron chi connectivity index (χ2n) is 5.22. The highest BCUT2D eigenvalue weighted by Crippen LogP contribution is 2.25. The van der Waals surface area contributed by atoms with Crippen LogP contribution in [0.15, 0.2) is 36.4 Å². The van der Waals surface area contributed by atoms with Crippen molar-refractivity contribution in [3.63, 3.8) is 0 Å². The Labute approximate surface area is 139 Å². The monoisotopic (exact) mass is 328 g/mol. The van der Waals surface area contributed by atoms with E-state index in [0.29, 0.717) is 28.2 Å². The first-order chi connectivity index (χ1) is 11.2. The smallest absolute Gasteiger partial charge is 0.255 e. The van der Waals surface area contributed by atoms with Gasteiger partial charge in [0.15, 0.2) is 0 Å². The van der Waals surface area contributed by atoms with Gasteiger partial charge in [-0.1, -0.05) is 23.7 Å². The number of carbonyl (C=O) groups excluding carboxylic acids is 1. The van der Waals surface area contributed by atoms with Crippen LogP contribution in [0.3, 0.4) is 0 Å². The summed E-state index contributed by atoms with van der Waals surface area (Å²) in [4.78, 5) is 21.6. The van der Waals surface area contributed by atoms with E-state index in [0.717, 1.165) is 24.0 Å². The number of nitrogens with zero attached hydrogens (tertiary/aromatic N) is 2. The number of rotatable bonds is 5. The zero-order chi connectivity index (χ0) is 16.2. The Kier molecular flexibility index (Phi) is 4.69. The minimum absolute atomic E-state index is 0.221. The third-order valence-corrected chi connectivity index (χ3v) is 3.89. The van der Waals surface area contributed by atoms with Crippen LogP contribution in [0.4, 0.5) is 0 Å². The first kappa shape index (κ1) is 15.6. The lowest BCUT2D eigenvalue weighted by atomic mass is 10.1. The summed E-state index contributed by atoms with van der Waals surface area (Å²) in [5.74, 6) is -0.221. The van der Waals surface area contributed by atoms with Gasteiger partial charge in [0.1, 0.15) is 5.52 Å². The first-order valence-electron chi connectivity index (χ1n) is 7.48. The van der Waals surface area contributed by atoms with Crippen LogP contribution in [-0.2, 0) is 0 Å². The normalized spacial score (nSPS) is 11.0. The zero-order valence-corrected chi connectivity index (χ0v) is 13.5. The maximum Gasteiger partial charge on any atom is 0.255 e. The molecule has 5 nitrogen and oxygen atoms in total. The highest BCUT2D eigenvalue weighted by atomic mass is 35.5. The molecule has 118 valence electrons. The fraction of sp³-hybridized carbons (Fsp3) is 0.235. The summed E-state index contributed by atoms with van der Waals surface area (Å²) in [6.07, 6.45) is 0.846. The molecule has 0 aliphatic carbocycles. The molecule has 0 radical (unpaired) electrons. The van der Waals surface area contributed by atoms with Crippen molar-refractivity contribution in [1.82, 2.24) is 20.6 Å². The fourth-order valence-corrected chi connectivity index (χ4v) is 2.67. The van der Waals surface area contributed by atoms with Crippen molar-refractivity contribution in [2.45, 2.75) is 6.42 Å². The molecule has 0 saturated heterocycles. The van der Waals surface area contributed by atoms with Crippen molar-refractivity contribution in [1.29, 1.82) is 0 Å². The first-order valence-corrected chi connectivity index (χ1v) is 7.86. The summed E-state index contributed by atoms with van der Waals surface area (Å²) in [5, 5.41) is 6.31. The van der Waals surface area contributed by atoms with Gasteiger partial charge in [-0.15, -0.1) is 0 Å². The van der Waals surface area contributed by atoms with Gasteiger partial charge in [-0.2, -0.15) is 0 Å². The van der Waals surface area contributed by atoms with Crippen LogP contribution < -0.4 is 10.6 Å². The minimum atomic E-state index is -0.221. The molecule has 1 heterocycles. The fourth-order valence-electron chi connectivity index (χ4n) is 2.43. The Hall–Kier alpha value is -2.24. The number of aromatic nitrogens is 2. The van der Waals surface area contributed by atoms with E-state index in [1.807, 2.05) is 31.3 Å². The molecule has 1 aromatic heterocycles. The molecule has 0 unspecified atom stereocenters. The molecule has 6 heteroatoms. The van der Waals surface area contributed by atoms with E-state index in [9.17, 15) is 4.79 Å². The molecule has 3 aromatic rings. The molecule has 2 aromatic carbocycles. The zero-order valence-electron chi connectivity index (χ0n) is 12.8. The quantitative estimate of drug-likeness (QED) is 0.558. The number of benzene rings is 2. The molecule has 0 aliphatic rings. The highest BCUT2D eigenvalue weighted by molar-refractivity contribution is 6.35. The number of hydrogen-bond donors (Lipinski definition) is 2. The summed E-state index contributed by atoms with van der Waals surface area (Å²) in [5.41, 5.74) is 3.11. The van der Waals surface area contributed by atoms with Gasteiger partial charge in [0, 0.05) is 6.54 Å². The summed E-state index contributed by atoms with van der Waals surface area (Å²) >= 11 is 6.25. The van der Waals surface area contributed by atoms with E-state index < -0.39 is 0 Å². The van der Waals surface area contributed by atoms with Crippen LogP contribution in [0.5, 0.6) is 0 Å². The second kappa shape index (κ2) is 6.89. The molecule has 0 spiro atoms. The molecule has 23 heavy (non-hydrogen) atoms. The van der Waals surface area contributed by atoms with Crippen molar-refractivity contribution in [3.05, 3.63) is 47.0 Å². The van der Waals surface area contributed by atoms with Gasteiger partial charge in [-0.05, 0) is 44.3 Å². The Morgan fingerprint density at radius 3 is 2.52 bits per heavy atom. The molecule has 0 atom stereocenters. The molecule has 3 rings (SSSR count). The third-order valence-electron chi connectivity index (χ3n) is 3.58. The lowest BCUT2D eigenvalue weighted by molar-refractivity contribution is 0.0955. The second-order valence-corrected chi connectivity index (χ2v) is 5.62. The maximum absolute atomic E-state index is 12.5. The van der Waals surface area contributed by atoms with E-state index >= 15 is 0 Å². The number of fused-ring (bicyclic) bond motifs is 2. The molecule has 0 bridgehead atoms. The van der Waals surface area contributed by atoms with Crippen LogP contribution >= 0.6 is 11.6 Å². The number of amides is 1. The van der Waals surface area contributed by atoms with Gasteiger partial charge in [0.2, 0.25) is 0 Å². The molecular weight excluding hydrogens is 312 g/mol. The highest BCUT2D eigenvalue weighted by Gasteiger charge is 2.16. The molecular formula is C17H17ClN4O. The largest absolute Gasteiger partial charge is 0.352 e. The van der Waals surface area contributed by atoms with Gasteiger partial charge in [0.05, 0.1) is 27.1 Å².